The second kappa shape index (κ2) is 17.6. The topological polar surface area (TPSA) is 196 Å². The number of carbonyl (C=O) groups is 4. The number of rotatable bonds is 20. The average Bonchev–Trinajstić information content (AvgIpc) is 2.82. The van der Waals surface area contributed by atoms with Crippen LogP contribution in [0.5, 0.6) is 0 Å². The molecule has 0 spiro atoms. The van der Waals surface area contributed by atoms with E-state index in [0.29, 0.717) is 32.1 Å². The van der Waals surface area contributed by atoms with Crippen molar-refractivity contribution in [2.45, 2.75) is 95.2 Å². The molecule has 198 valence electrons. The van der Waals surface area contributed by atoms with Gasteiger partial charge in [0.2, 0.25) is 0 Å². The van der Waals surface area contributed by atoms with E-state index in [4.69, 9.17) is 10.5 Å². The van der Waals surface area contributed by atoms with Gasteiger partial charge >= 0.3 is 5.97 Å². The molecule has 4 unspecified atom stereocenters. The van der Waals surface area contributed by atoms with E-state index in [1.165, 1.54) is 7.11 Å². The Balaban J connectivity index is 4.49. The van der Waals surface area contributed by atoms with Crippen LogP contribution in [0.15, 0.2) is 0 Å². The molecule has 0 saturated carbocycles. The van der Waals surface area contributed by atoms with Crippen molar-refractivity contribution in [3.63, 3.8) is 0 Å². The molecule has 0 aromatic carbocycles. The van der Waals surface area contributed by atoms with Gasteiger partial charge in [-0.05, 0) is 46.2 Å². The molecule has 0 radical (unpaired) electrons. The summed E-state index contributed by atoms with van der Waals surface area (Å²) in [7, 11) is 3.10. The van der Waals surface area contributed by atoms with Gasteiger partial charge in [-0.15, -0.1) is 0 Å². The fraction of sp³-hybridized carbons (Fsp3) is 0.826. The second-order valence-electron chi connectivity index (χ2n) is 8.64. The van der Waals surface area contributed by atoms with Crippen molar-refractivity contribution < 1.29 is 44.3 Å². The molecule has 0 fully saturated rings. The minimum Gasteiger partial charge on any atom is -0.469 e. The van der Waals surface area contributed by atoms with Gasteiger partial charge < -0.3 is 36.2 Å². The van der Waals surface area contributed by atoms with Gasteiger partial charge in [0, 0.05) is 12.8 Å². The number of Topliss-reactive ketones (excluding diaryl/α,β-unsaturated/α-hetero) is 3. The number of ether oxygens (including phenoxy) is 1. The SMILES string of the molecule is CNCCCC[C@H](N)C(=O)C[C@@H](CCCCCC(=O)C(O)C(O)C(O)C(O)C(C)=O)C(=O)OC. The molecular formula is C23H42N2O9. The van der Waals surface area contributed by atoms with E-state index in [1.54, 1.807) is 0 Å². The number of carbonyl (C=O) groups excluding carboxylic acids is 4. The number of unbranched alkanes of at least 4 members (excludes halogenated alkanes) is 3. The van der Waals surface area contributed by atoms with Crippen LogP contribution in [0.2, 0.25) is 0 Å². The van der Waals surface area contributed by atoms with E-state index in [-0.39, 0.29) is 18.6 Å². The Morgan fingerprint density at radius 1 is 0.853 bits per heavy atom. The van der Waals surface area contributed by atoms with Gasteiger partial charge in [-0.25, -0.2) is 0 Å². The summed E-state index contributed by atoms with van der Waals surface area (Å²) in [5.41, 5.74) is 5.95. The summed E-state index contributed by atoms with van der Waals surface area (Å²) in [4.78, 5) is 47.6. The molecule has 0 amide bonds. The molecule has 0 saturated heterocycles. The van der Waals surface area contributed by atoms with Gasteiger partial charge in [0.25, 0.3) is 0 Å². The van der Waals surface area contributed by atoms with Crippen molar-refractivity contribution in [3.05, 3.63) is 0 Å². The van der Waals surface area contributed by atoms with Crippen molar-refractivity contribution >= 4 is 23.3 Å². The van der Waals surface area contributed by atoms with Crippen LogP contribution in [0, 0.1) is 5.92 Å². The third-order valence-electron chi connectivity index (χ3n) is 5.81. The van der Waals surface area contributed by atoms with E-state index in [9.17, 15) is 39.6 Å². The molecule has 11 heteroatoms. The number of methoxy groups -OCH3 is 1. The number of nitrogens with one attached hydrogen (secondary N) is 1. The first-order valence-corrected chi connectivity index (χ1v) is 11.7. The Bertz CT molecular complexity index is 644. The quantitative estimate of drug-likeness (QED) is 0.0904. The van der Waals surface area contributed by atoms with Crippen molar-refractivity contribution in [2.24, 2.45) is 11.7 Å². The Morgan fingerprint density at radius 2 is 1.44 bits per heavy atom. The molecule has 0 heterocycles. The summed E-state index contributed by atoms with van der Waals surface area (Å²) in [6, 6.07) is -0.633. The van der Waals surface area contributed by atoms with Gasteiger partial charge in [-0.2, -0.15) is 0 Å². The zero-order chi connectivity index (χ0) is 26.3. The normalized spacial score (nSPS) is 16.7. The van der Waals surface area contributed by atoms with Crippen molar-refractivity contribution in [1.29, 1.82) is 0 Å². The lowest BCUT2D eigenvalue weighted by molar-refractivity contribution is -0.152. The fourth-order valence-electron chi connectivity index (χ4n) is 3.51. The van der Waals surface area contributed by atoms with Crippen LogP contribution >= 0.6 is 0 Å². The lowest BCUT2D eigenvalue weighted by Gasteiger charge is -2.24. The lowest BCUT2D eigenvalue weighted by Crippen LogP contribution is -2.49. The first-order chi connectivity index (χ1) is 16.0. The van der Waals surface area contributed by atoms with Crippen LogP contribution in [-0.2, 0) is 23.9 Å². The molecule has 11 nitrogen and oxygen atoms in total. The predicted molar refractivity (Wildman–Crippen MR) is 124 cm³/mol. The molecule has 0 aromatic rings. The number of aliphatic hydroxyl groups excluding tert-OH is 4. The first kappa shape index (κ1) is 32.2. The Kier molecular flexibility index (Phi) is 16.7. The third kappa shape index (κ3) is 12.1. The highest BCUT2D eigenvalue weighted by atomic mass is 16.5. The number of aliphatic hydroxyl groups is 4. The highest BCUT2D eigenvalue weighted by Gasteiger charge is 2.35. The van der Waals surface area contributed by atoms with Gasteiger partial charge in [0.1, 0.15) is 30.2 Å². The van der Waals surface area contributed by atoms with Gasteiger partial charge in [-0.1, -0.05) is 19.3 Å². The van der Waals surface area contributed by atoms with Gasteiger partial charge in [0.05, 0.1) is 19.1 Å². The number of esters is 1. The predicted octanol–water partition coefficient (Wildman–Crippen LogP) is -0.996. The van der Waals surface area contributed by atoms with Gasteiger partial charge in [0.15, 0.2) is 11.6 Å². The molecule has 0 aliphatic heterocycles. The minimum atomic E-state index is -2.00. The van der Waals surface area contributed by atoms with Crippen LogP contribution in [0.1, 0.15) is 64.7 Å². The average molecular weight is 491 g/mol. The van der Waals surface area contributed by atoms with Crippen LogP contribution < -0.4 is 11.1 Å². The maximum Gasteiger partial charge on any atom is 0.309 e. The first-order valence-electron chi connectivity index (χ1n) is 11.7. The molecule has 7 N–H and O–H groups in total. The van der Waals surface area contributed by atoms with E-state index in [0.717, 1.165) is 26.3 Å². The molecule has 0 aromatic heterocycles. The highest BCUT2D eigenvalue weighted by molar-refractivity contribution is 5.88. The third-order valence-corrected chi connectivity index (χ3v) is 5.81. The van der Waals surface area contributed by atoms with Crippen LogP contribution in [0.3, 0.4) is 0 Å². The Hall–Kier alpha value is -1.76. The Labute approximate surface area is 201 Å². The maximum atomic E-state index is 12.4. The van der Waals surface area contributed by atoms with E-state index in [1.807, 2.05) is 7.05 Å². The lowest BCUT2D eigenvalue weighted by atomic mass is 9.91. The summed E-state index contributed by atoms with van der Waals surface area (Å²) in [5, 5.41) is 41.9. The highest BCUT2D eigenvalue weighted by Crippen LogP contribution is 2.19. The number of nitrogens with two attached hydrogens (primary N) is 1. The van der Waals surface area contributed by atoms with Crippen LogP contribution in [-0.4, -0.2) is 94.9 Å². The minimum absolute atomic E-state index is 0.0138. The molecule has 0 bridgehead atoms. The summed E-state index contributed by atoms with van der Waals surface area (Å²) < 4.78 is 4.79. The van der Waals surface area contributed by atoms with E-state index in [2.05, 4.69) is 5.32 Å². The summed E-state index contributed by atoms with van der Waals surface area (Å²) >= 11 is 0. The number of hydrogen-bond donors (Lipinski definition) is 6. The standard InChI is InChI=1S/C23H42N2O9/c1-14(26)19(29)21(31)22(32)20(30)17(27)11-6-4-5-9-15(23(33)34-3)13-18(28)16(24)10-7-8-12-25-2/h15-16,19-22,25,29-32H,4-13,24H2,1-3H3/t15-,16+,19?,20?,21?,22?/m1/s1. The van der Waals surface area contributed by atoms with Crippen molar-refractivity contribution in [1.82, 2.24) is 5.32 Å². The van der Waals surface area contributed by atoms with Crippen LogP contribution in [0.4, 0.5) is 0 Å². The molecule has 6 atom stereocenters. The maximum absolute atomic E-state index is 12.4. The van der Waals surface area contributed by atoms with Crippen molar-refractivity contribution in [3.8, 4) is 0 Å². The summed E-state index contributed by atoms with van der Waals surface area (Å²) in [6.07, 6.45) is -3.98. The molecule has 34 heavy (non-hydrogen) atoms. The van der Waals surface area contributed by atoms with E-state index >= 15 is 0 Å². The monoisotopic (exact) mass is 490 g/mol. The molecule has 0 aliphatic rings. The van der Waals surface area contributed by atoms with Crippen LogP contribution in [0.25, 0.3) is 0 Å². The molecule has 0 rings (SSSR count). The number of ketones is 3. The largest absolute Gasteiger partial charge is 0.469 e. The Morgan fingerprint density at radius 3 is 2.00 bits per heavy atom. The van der Waals surface area contributed by atoms with Crippen molar-refractivity contribution in [2.75, 3.05) is 20.7 Å². The zero-order valence-electron chi connectivity index (χ0n) is 20.4. The molecule has 0 aliphatic carbocycles. The second-order valence-corrected chi connectivity index (χ2v) is 8.64. The number of hydrogen-bond acceptors (Lipinski definition) is 11. The molecular weight excluding hydrogens is 448 g/mol. The summed E-state index contributed by atoms with van der Waals surface area (Å²) in [5.74, 6) is -2.88. The van der Waals surface area contributed by atoms with Gasteiger partial charge in [-0.3, -0.25) is 19.2 Å². The zero-order valence-corrected chi connectivity index (χ0v) is 20.4. The summed E-state index contributed by atoms with van der Waals surface area (Å²) in [6.45, 7) is 1.84. The smallest absolute Gasteiger partial charge is 0.309 e. The fourth-order valence-corrected chi connectivity index (χ4v) is 3.51. The van der Waals surface area contributed by atoms with E-state index < -0.39 is 53.9 Å².